The summed E-state index contributed by atoms with van der Waals surface area (Å²) < 4.78 is 5.49. The predicted octanol–water partition coefficient (Wildman–Crippen LogP) is 4.68. The fourth-order valence-corrected chi connectivity index (χ4v) is 4.53. The number of hydrogen-bond donors (Lipinski definition) is 1. The van der Waals surface area contributed by atoms with Crippen molar-refractivity contribution in [1.82, 2.24) is 4.90 Å². The minimum absolute atomic E-state index is 0.0821. The molecule has 0 aliphatic carbocycles. The molecule has 31 heavy (non-hydrogen) atoms. The van der Waals surface area contributed by atoms with Crippen molar-refractivity contribution in [2.24, 2.45) is 0 Å². The van der Waals surface area contributed by atoms with Gasteiger partial charge in [-0.1, -0.05) is 47.7 Å². The summed E-state index contributed by atoms with van der Waals surface area (Å²) in [5, 5.41) is 4.06. The highest BCUT2D eigenvalue weighted by atomic mass is 35.5. The van der Waals surface area contributed by atoms with Crippen LogP contribution in [0, 0.1) is 0 Å². The second-order valence-electron chi connectivity index (χ2n) is 6.69. The van der Waals surface area contributed by atoms with Gasteiger partial charge < -0.3 is 9.73 Å². The van der Waals surface area contributed by atoms with Gasteiger partial charge in [0.1, 0.15) is 9.90 Å². The van der Waals surface area contributed by atoms with E-state index in [2.05, 4.69) is 5.32 Å². The number of nitrogens with zero attached hydrogens (tertiary/aromatic N) is 1. The van der Waals surface area contributed by atoms with Crippen molar-refractivity contribution in [3.8, 4) is 0 Å². The molecule has 6 nitrogen and oxygen atoms in total. The van der Waals surface area contributed by atoms with Crippen LogP contribution in [-0.2, 0) is 9.59 Å². The van der Waals surface area contributed by atoms with E-state index in [0.717, 1.165) is 5.56 Å². The third-order valence-corrected chi connectivity index (χ3v) is 6.10. The molecule has 0 unspecified atom stereocenters. The van der Waals surface area contributed by atoms with Crippen LogP contribution in [0.25, 0.3) is 17.0 Å². The molecule has 156 valence electrons. The molecule has 0 radical (unpaired) electrons. The van der Waals surface area contributed by atoms with Gasteiger partial charge in [-0.25, -0.2) is 4.79 Å². The molecule has 2 amide bonds. The molecule has 0 atom stereocenters. The molecule has 3 aromatic rings. The summed E-state index contributed by atoms with van der Waals surface area (Å²) in [4.78, 5) is 38.3. The van der Waals surface area contributed by atoms with Crippen molar-refractivity contribution in [3.63, 3.8) is 0 Å². The number of amides is 2. The van der Waals surface area contributed by atoms with Crippen molar-refractivity contribution in [1.29, 1.82) is 0 Å². The Kier molecular flexibility index (Phi) is 6.22. The van der Waals surface area contributed by atoms with E-state index in [0.29, 0.717) is 30.9 Å². The highest BCUT2D eigenvalue weighted by Gasteiger charge is 2.32. The van der Waals surface area contributed by atoms with Gasteiger partial charge in [-0.05, 0) is 48.0 Å². The van der Waals surface area contributed by atoms with Crippen LogP contribution in [0.2, 0.25) is 5.02 Å². The lowest BCUT2D eigenvalue weighted by Gasteiger charge is -2.14. The van der Waals surface area contributed by atoms with Crippen molar-refractivity contribution in [3.05, 3.63) is 80.5 Å². The van der Waals surface area contributed by atoms with E-state index in [-0.39, 0.29) is 24.8 Å². The molecule has 2 heterocycles. The van der Waals surface area contributed by atoms with Crippen LogP contribution in [0.5, 0.6) is 0 Å². The zero-order valence-electron chi connectivity index (χ0n) is 16.0. The third-order valence-electron chi connectivity index (χ3n) is 4.49. The maximum absolute atomic E-state index is 12.7. The second kappa shape index (κ2) is 9.05. The first-order valence-electron chi connectivity index (χ1n) is 9.24. The normalized spacial score (nSPS) is 15.1. The van der Waals surface area contributed by atoms with E-state index >= 15 is 0 Å². The van der Waals surface area contributed by atoms with Gasteiger partial charge in [-0.3, -0.25) is 14.5 Å². The van der Waals surface area contributed by atoms with Crippen LogP contribution in [0.4, 0.5) is 5.69 Å². The molecule has 2 aromatic carbocycles. The van der Waals surface area contributed by atoms with Crippen molar-refractivity contribution in [2.45, 2.75) is 6.42 Å². The van der Waals surface area contributed by atoms with E-state index in [1.165, 1.54) is 22.7 Å². The third kappa shape index (κ3) is 5.04. The van der Waals surface area contributed by atoms with E-state index in [9.17, 15) is 14.4 Å². The number of nitrogens with one attached hydrogen (secondary N) is 1. The molecule has 1 N–H and O–H groups in total. The Hall–Kier alpha value is -2.94. The molecule has 1 aliphatic heterocycles. The molecule has 0 saturated carbocycles. The van der Waals surface area contributed by atoms with Gasteiger partial charge in [0, 0.05) is 35.1 Å². The smallest absolute Gasteiger partial charge is 0.336 e. The van der Waals surface area contributed by atoms with Crippen LogP contribution >= 0.6 is 35.6 Å². The number of fused-ring (bicyclic) bond motifs is 1. The summed E-state index contributed by atoms with van der Waals surface area (Å²) >= 11 is 12.5. The summed E-state index contributed by atoms with van der Waals surface area (Å²) in [5.74, 6) is -0.492. The van der Waals surface area contributed by atoms with E-state index < -0.39 is 5.63 Å². The Morgan fingerprint density at radius 1 is 1.16 bits per heavy atom. The van der Waals surface area contributed by atoms with Crippen molar-refractivity contribution < 1.29 is 14.0 Å². The number of thioether (sulfide) groups is 1. The van der Waals surface area contributed by atoms with Crippen molar-refractivity contribution >= 4 is 74.4 Å². The van der Waals surface area contributed by atoms with Crippen molar-refractivity contribution in [2.75, 3.05) is 11.9 Å². The summed E-state index contributed by atoms with van der Waals surface area (Å²) in [6.07, 6.45) is 1.82. The first-order chi connectivity index (χ1) is 14.9. The SMILES string of the molecule is O=C(CCN1C(=O)/C(=C/c2cccc(Cl)c2)SC1=S)Nc1ccc2oc(=O)ccc2c1. The molecular formula is C22H15ClN2O4S2. The number of carbonyl (C=O) groups is 2. The zero-order chi connectivity index (χ0) is 22.0. The minimum Gasteiger partial charge on any atom is -0.423 e. The predicted molar refractivity (Wildman–Crippen MR) is 127 cm³/mol. The summed E-state index contributed by atoms with van der Waals surface area (Å²) in [6, 6.07) is 15.1. The highest BCUT2D eigenvalue weighted by molar-refractivity contribution is 8.26. The Balaban J connectivity index is 1.39. The van der Waals surface area contributed by atoms with Crippen LogP contribution in [-0.4, -0.2) is 27.6 Å². The average Bonchev–Trinajstić information content (AvgIpc) is 2.99. The lowest BCUT2D eigenvalue weighted by atomic mass is 10.2. The highest BCUT2D eigenvalue weighted by Crippen LogP contribution is 2.33. The molecule has 0 spiro atoms. The first kappa shape index (κ1) is 21.3. The Bertz CT molecular complexity index is 1300. The van der Waals surface area contributed by atoms with Gasteiger partial charge in [-0.2, -0.15) is 0 Å². The Morgan fingerprint density at radius 3 is 2.81 bits per heavy atom. The number of rotatable bonds is 5. The number of carbonyl (C=O) groups excluding carboxylic acids is 2. The number of anilines is 1. The number of hydrogen-bond acceptors (Lipinski definition) is 6. The molecule has 1 saturated heterocycles. The molecular weight excluding hydrogens is 456 g/mol. The first-order valence-corrected chi connectivity index (χ1v) is 10.8. The molecule has 0 bridgehead atoms. The van der Waals surface area contributed by atoms with Gasteiger partial charge in [-0.15, -0.1) is 0 Å². The van der Waals surface area contributed by atoms with E-state index in [1.54, 1.807) is 48.5 Å². The molecule has 4 rings (SSSR count). The van der Waals surface area contributed by atoms with Gasteiger partial charge in [0.15, 0.2) is 0 Å². The van der Waals surface area contributed by atoms with E-state index in [1.807, 2.05) is 6.07 Å². The molecule has 1 fully saturated rings. The quantitative estimate of drug-likeness (QED) is 0.331. The largest absolute Gasteiger partial charge is 0.423 e. The topological polar surface area (TPSA) is 79.6 Å². The lowest BCUT2D eigenvalue weighted by Crippen LogP contribution is -2.31. The number of halogens is 1. The van der Waals surface area contributed by atoms with Crippen LogP contribution < -0.4 is 10.9 Å². The standard InChI is InChI=1S/C22H15ClN2O4S2/c23-15-3-1-2-13(10-15)11-18-21(28)25(22(30)31-18)9-8-19(26)24-16-5-6-17-14(12-16)4-7-20(27)29-17/h1-7,10-12H,8-9H2,(H,24,26)/b18-11-. The number of benzene rings is 2. The lowest BCUT2D eigenvalue weighted by molar-refractivity contribution is -0.122. The van der Waals surface area contributed by atoms with Gasteiger partial charge in [0.2, 0.25) is 5.91 Å². The Morgan fingerprint density at radius 2 is 2.00 bits per heavy atom. The average molecular weight is 471 g/mol. The second-order valence-corrected chi connectivity index (χ2v) is 8.81. The van der Waals surface area contributed by atoms with Gasteiger partial charge in [0.05, 0.1) is 4.91 Å². The maximum Gasteiger partial charge on any atom is 0.336 e. The van der Waals surface area contributed by atoms with Crippen LogP contribution in [0.15, 0.2) is 68.7 Å². The maximum atomic E-state index is 12.7. The molecule has 9 heteroatoms. The van der Waals surface area contributed by atoms with Gasteiger partial charge in [0.25, 0.3) is 5.91 Å². The summed E-state index contributed by atoms with van der Waals surface area (Å²) in [5.41, 5.74) is 1.38. The van der Waals surface area contributed by atoms with Crippen LogP contribution in [0.1, 0.15) is 12.0 Å². The van der Waals surface area contributed by atoms with E-state index in [4.69, 9.17) is 28.2 Å². The minimum atomic E-state index is -0.433. The Labute approximate surface area is 191 Å². The molecule has 1 aromatic heterocycles. The zero-order valence-corrected chi connectivity index (χ0v) is 18.4. The summed E-state index contributed by atoms with van der Waals surface area (Å²) in [6.45, 7) is 0.172. The fourth-order valence-electron chi connectivity index (χ4n) is 3.03. The van der Waals surface area contributed by atoms with Gasteiger partial charge >= 0.3 is 5.63 Å². The number of thiocarbonyl (C=S) groups is 1. The monoisotopic (exact) mass is 470 g/mol. The summed E-state index contributed by atoms with van der Waals surface area (Å²) in [7, 11) is 0. The molecule has 1 aliphatic rings. The van der Waals surface area contributed by atoms with Crippen LogP contribution in [0.3, 0.4) is 0 Å². The fraction of sp³-hybridized carbons (Fsp3) is 0.0909.